The van der Waals surface area contributed by atoms with Gasteiger partial charge >= 0.3 is 0 Å². The van der Waals surface area contributed by atoms with E-state index < -0.39 is 0 Å². The maximum absolute atomic E-state index is 10.1. The van der Waals surface area contributed by atoms with E-state index in [0.717, 1.165) is 5.01 Å². The van der Waals surface area contributed by atoms with Gasteiger partial charge in [0.2, 0.25) is 0 Å². The fraction of sp³-hybridized carbons (Fsp3) is 0.750. The Kier molecular flexibility index (Phi) is 3.94. The second kappa shape index (κ2) is 4.25. The first-order valence-electron chi connectivity index (χ1n) is 2.57. The molecule has 0 heterocycles. The third kappa shape index (κ3) is 3.02. The monoisotopic (exact) mass is 132 g/mol. The fourth-order valence-corrected chi connectivity index (χ4v) is 0.380. The Morgan fingerprint density at radius 1 is 1.78 bits per heavy atom. The molecule has 0 saturated carbocycles. The number of hydrogen-bond acceptors (Lipinski definition) is 4. The Hall–Kier alpha value is -0.650. The van der Waals surface area contributed by atoms with Crippen molar-refractivity contribution >= 4 is 6.34 Å². The van der Waals surface area contributed by atoms with E-state index in [-0.39, 0.29) is 5.34 Å². The van der Waals surface area contributed by atoms with Crippen molar-refractivity contribution in [2.24, 2.45) is 4.99 Å². The zero-order chi connectivity index (χ0) is 7.28. The van der Waals surface area contributed by atoms with Crippen LogP contribution in [0.15, 0.2) is 4.99 Å². The summed E-state index contributed by atoms with van der Waals surface area (Å²) in [7, 11) is 1.52. The molecule has 1 N–H and O–H groups in total. The molecule has 0 spiro atoms. The quantitative estimate of drug-likeness (QED) is 0.335. The molecule has 0 aliphatic rings. The molecule has 0 aliphatic carbocycles. The molecule has 0 aliphatic heterocycles. The predicted octanol–water partition coefficient (Wildman–Crippen LogP) is 0.0704. The lowest BCUT2D eigenvalue weighted by atomic mass is 10.7. The summed E-state index contributed by atoms with van der Waals surface area (Å²) >= 11 is 0. The first-order valence-corrected chi connectivity index (χ1v) is 2.57. The van der Waals surface area contributed by atoms with Gasteiger partial charge in [0.25, 0.3) is 0 Å². The summed E-state index contributed by atoms with van der Waals surface area (Å²) in [6.45, 7) is 2.13. The molecule has 0 rings (SSSR count). The maximum atomic E-state index is 10.1. The second-order valence-corrected chi connectivity index (χ2v) is 1.38. The average Bonchev–Trinajstić information content (AvgIpc) is 1.82. The van der Waals surface area contributed by atoms with Crippen LogP contribution in [0.25, 0.3) is 0 Å². The summed E-state index contributed by atoms with van der Waals surface area (Å²) in [5.74, 6) is 0. The van der Waals surface area contributed by atoms with Crippen LogP contribution in [-0.4, -0.2) is 35.5 Å². The van der Waals surface area contributed by atoms with Crippen molar-refractivity contribution in [1.82, 2.24) is 10.3 Å². The summed E-state index contributed by atoms with van der Waals surface area (Å²) in [5, 5.41) is 19.1. The molecule has 0 bridgehead atoms. The van der Waals surface area contributed by atoms with Crippen LogP contribution in [0, 0.1) is 5.21 Å². The Bertz CT molecular complexity index is 93.8. The van der Waals surface area contributed by atoms with Gasteiger partial charge < -0.3 is 10.4 Å². The first-order chi connectivity index (χ1) is 4.22. The topological polar surface area (TPSA) is 62.1 Å². The van der Waals surface area contributed by atoms with Crippen molar-refractivity contribution in [2.75, 3.05) is 13.6 Å². The number of rotatable bonds is 3. The molecule has 0 aromatic rings. The molecule has 5 heteroatoms. The van der Waals surface area contributed by atoms with Crippen LogP contribution in [0.5, 0.6) is 0 Å². The third-order valence-corrected chi connectivity index (χ3v) is 0.793. The van der Waals surface area contributed by atoms with Crippen molar-refractivity contribution in [3.05, 3.63) is 5.21 Å². The molecule has 0 atom stereocenters. The highest BCUT2D eigenvalue weighted by atomic mass is 16.8. The van der Waals surface area contributed by atoms with E-state index in [2.05, 4.69) is 4.99 Å². The minimum Gasteiger partial charge on any atom is -0.743 e. The van der Waals surface area contributed by atoms with E-state index >= 15 is 0 Å². The van der Waals surface area contributed by atoms with Crippen molar-refractivity contribution < 1.29 is 5.21 Å². The molecule has 5 nitrogen and oxygen atoms in total. The van der Waals surface area contributed by atoms with Gasteiger partial charge in [0.1, 0.15) is 6.34 Å². The van der Waals surface area contributed by atoms with Gasteiger partial charge in [0, 0.05) is 13.6 Å². The van der Waals surface area contributed by atoms with Crippen LogP contribution in [0.4, 0.5) is 0 Å². The molecule has 0 aromatic heterocycles. The summed E-state index contributed by atoms with van der Waals surface area (Å²) < 4.78 is 0. The van der Waals surface area contributed by atoms with Crippen molar-refractivity contribution in [2.45, 2.75) is 6.92 Å². The number of hydrazine groups is 1. The van der Waals surface area contributed by atoms with Gasteiger partial charge in [-0.2, -0.15) is 5.34 Å². The summed E-state index contributed by atoms with van der Waals surface area (Å²) in [6, 6.07) is 0. The van der Waals surface area contributed by atoms with Crippen LogP contribution in [-0.2, 0) is 0 Å². The molecule has 0 radical (unpaired) electrons. The number of nitrogens with zero attached hydrogens (tertiary/aromatic N) is 3. The molecule has 0 fully saturated rings. The zero-order valence-corrected chi connectivity index (χ0v) is 5.48. The van der Waals surface area contributed by atoms with E-state index in [1.807, 2.05) is 0 Å². The normalized spacial score (nSPS) is 11.2. The summed E-state index contributed by atoms with van der Waals surface area (Å²) in [5.41, 5.74) is 0. The first kappa shape index (κ1) is 8.35. The van der Waals surface area contributed by atoms with Gasteiger partial charge in [-0.3, -0.25) is 10.0 Å². The number of aliphatic imine (C=N–C) groups is 1. The molecular weight excluding hydrogens is 122 g/mol. The van der Waals surface area contributed by atoms with E-state index in [1.54, 1.807) is 6.92 Å². The standard InChI is InChI=1S/C4H10N3O2/c1-3-6(4-5-2)7(8)9/h4,8H,3H2,1-2H3/q-1. The van der Waals surface area contributed by atoms with Crippen LogP contribution in [0.2, 0.25) is 0 Å². The Morgan fingerprint density at radius 2 is 2.33 bits per heavy atom. The summed E-state index contributed by atoms with van der Waals surface area (Å²) in [4.78, 5) is 3.53. The molecular formula is C4H10N3O2-. The van der Waals surface area contributed by atoms with Crippen molar-refractivity contribution in [3.8, 4) is 0 Å². The smallest absolute Gasteiger partial charge is 0.100 e. The molecule has 0 aromatic carbocycles. The van der Waals surface area contributed by atoms with Gasteiger partial charge in [-0.15, -0.1) is 0 Å². The molecule has 0 saturated heterocycles. The average molecular weight is 132 g/mol. The van der Waals surface area contributed by atoms with E-state index in [0.29, 0.717) is 6.54 Å². The Labute approximate surface area is 53.7 Å². The molecule has 0 amide bonds. The van der Waals surface area contributed by atoms with Crippen molar-refractivity contribution in [3.63, 3.8) is 0 Å². The highest BCUT2D eigenvalue weighted by Crippen LogP contribution is 1.84. The maximum Gasteiger partial charge on any atom is 0.100 e. The van der Waals surface area contributed by atoms with Crippen LogP contribution >= 0.6 is 0 Å². The Morgan fingerprint density at radius 3 is 2.44 bits per heavy atom. The van der Waals surface area contributed by atoms with E-state index in [4.69, 9.17) is 5.21 Å². The molecule has 0 unspecified atom stereocenters. The summed E-state index contributed by atoms with van der Waals surface area (Å²) in [6.07, 6.45) is 1.24. The third-order valence-electron chi connectivity index (χ3n) is 0.793. The highest BCUT2D eigenvalue weighted by molar-refractivity contribution is 5.53. The van der Waals surface area contributed by atoms with Gasteiger partial charge in [-0.25, -0.2) is 0 Å². The zero-order valence-electron chi connectivity index (χ0n) is 5.48. The van der Waals surface area contributed by atoms with Crippen LogP contribution in [0.1, 0.15) is 6.92 Å². The molecule has 9 heavy (non-hydrogen) atoms. The van der Waals surface area contributed by atoms with Crippen LogP contribution in [0.3, 0.4) is 0 Å². The number of hydrogen-bond donors (Lipinski definition) is 1. The largest absolute Gasteiger partial charge is 0.743 e. The van der Waals surface area contributed by atoms with Gasteiger partial charge in [-0.05, 0) is 6.92 Å². The minimum atomic E-state index is -0.257. The van der Waals surface area contributed by atoms with E-state index in [1.165, 1.54) is 13.4 Å². The van der Waals surface area contributed by atoms with Gasteiger partial charge in [-0.1, -0.05) is 0 Å². The lowest BCUT2D eigenvalue weighted by Gasteiger charge is -2.30. The minimum absolute atomic E-state index is 0.257. The van der Waals surface area contributed by atoms with Gasteiger partial charge in [0.15, 0.2) is 0 Å². The van der Waals surface area contributed by atoms with E-state index in [9.17, 15) is 5.21 Å². The predicted molar refractivity (Wildman–Crippen MR) is 33.8 cm³/mol. The van der Waals surface area contributed by atoms with Crippen LogP contribution < -0.4 is 0 Å². The Balaban J connectivity index is 3.68. The van der Waals surface area contributed by atoms with Crippen molar-refractivity contribution in [1.29, 1.82) is 0 Å². The SMILES string of the molecule is CCN(C=NC)N([O-])O. The fourth-order valence-electron chi connectivity index (χ4n) is 0.380. The highest BCUT2D eigenvalue weighted by Gasteiger charge is 1.91. The van der Waals surface area contributed by atoms with Gasteiger partial charge in [0.05, 0.1) is 0 Å². The lowest BCUT2D eigenvalue weighted by Crippen LogP contribution is -2.34. The molecule has 54 valence electrons. The second-order valence-electron chi connectivity index (χ2n) is 1.38. The lowest BCUT2D eigenvalue weighted by molar-refractivity contribution is -0.164.